The number of aliphatic hydroxyl groups excluding tert-OH is 1. The lowest BCUT2D eigenvalue weighted by Crippen LogP contribution is -2.34. The van der Waals surface area contributed by atoms with E-state index in [9.17, 15) is 9.90 Å². The maximum Gasteiger partial charge on any atom is 0.255 e. The molecule has 2 aromatic rings. The standard InChI is InChI=1S/C14H17N3O3/c1-20-9-11(18)7-15-14(19)12-8-16-17-13(12)10-5-3-2-4-6-10/h2-6,8,11,18H,7,9H2,1H3,(H,15,19)(H,16,17). The van der Waals surface area contributed by atoms with E-state index in [2.05, 4.69) is 15.5 Å². The normalized spacial score (nSPS) is 12.1. The van der Waals surface area contributed by atoms with Gasteiger partial charge in [0, 0.05) is 19.2 Å². The summed E-state index contributed by atoms with van der Waals surface area (Å²) in [6.07, 6.45) is 0.747. The molecule has 1 atom stereocenters. The van der Waals surface area contributed by atoms with Crippen molar-refractivity contribution in [2.75, 3.05) is 20.3 Å². The lowest BCUT2D eigenvalue weighted by molar-refractivity contribution is 0.0610. The Morgan fingerprint density at radius 1 is 1.45 bits per heavy atom. The van der Waals surface area contributed by atoms with E-state index < -0.39 is 6.10 Å². The highest BCUT2D eigenvalue weighted by Gasteiger charge is 2.15. The highest BCUT2D eigenvalue weighted by Crippen LogP contribution is 2.20. The highest BCUT2D eigenvalue weighted by molar-refractivity contribution is 5.99. The van der Waals surface area contributed by atoms with E-state index >= 15 is 0 Å². The van der Waals surface area contributed by atoms with E-state index in [0.717, 1.165) is 5.56 Å². The van der Waals surface area contributed by atoms with Crippen LogP contribution in [0.3, 0.4) is 0 Å². The lowest BCUT2D eigenvalue weighted by Gasteiger charge is -2.10. The summed E-state index contributed by atoms with van der Waals surface area (Å²) in [7, 11) is 1.49. The number of nitrogens with one attached hydrogen (secondary N) is 2. The molecule has 0 saturated heterocycles. The fraction of sp³-hybridized carbons (Fsp3) is 0.286. The number of carbonyl (C=O) groups is 1. The molecule has 1 unspecified atom stereocenters. The predicted octanol–water partition coefficient (Wildman–Crippen LogP) is 0.814. The van der Waals surface area contributed by atoms with Gasteiger partial charge >= 0.3 is 0 Å². The molecule has 0 bridgehead atoms. The molecule has 2 rings (SSSR count). The molecule has 20 heavy (non-hydrogen) atoms. The number of hydrogen-bond acceptors (Lipinski definition) is 4. The van der Waals surface area contributed by atoms with Gasteiger partial charge < -0.3 is 15.2 Å². The number of benzene rings is 1. The zero-order chi connectivity index (χ0) is 14.4. The van der Waals surface area contributed by atoms with Gasteiger partial charge in [0.25, 0.3) is 5.91 Å². The molecule has 0 aliphatic carbocycles. The maximum atomic E-state index is 12.1. The van der Waals surface area contributed by atoms with Gasteiger partial charge in [0.15, 0.2) is 0 Å². The molecular weight excluding hydrogens is 258 g/mol. The Labute approximate surface area is 116 Å². The van der Waals surface area contributed by atoms with Crippen LogP contribution in [-0.4, -0.2) is 47.6 Å². The first kappa shape index (κ1) is 14.2. The molecule has 0 saturated carbocycles. The van der Waals surface area contributed by atoms with Crippen LogP contribution < -0.4 is 5.32 Å². The van der Waals surface area contributed by atoms with Crippen molar-refractivity contribution >= 4 is 5.91 Å². The highest BCUT2D eigenvalue weighted by atomic mass is 16.5. The molecule has 1 aromatic carbocycles. The zero-order valence-corrected chi connectivity index (χ0v) is 11.2. The number of aromatic nitrogens is 2. The van der Waals surface area contributed by atoms with Gasteiger partial charge in [-0.25, -0.2) is 0 Å². The van der Waals surface area contributed by atoms with E-state index in [4.69, 9.17) is 4.74 Å². The average molecular weight is 275 g/mol. The summed E-state index contributed by atoms with van der Waals surface area (Å²) in [4.78, 5) is 12.1. The van der Waals surface area contributed by atoms with Crippen molar-refractivity contribution in [2.45, 2.75) is 6.10 Å². The summed E-state index contributed by atoms with van der Waals surface area (Å²) < 4.78 is 4.80. The smallest absolute Gasteiger partial charge is 0.255 e. The minimum Gasteiger partial charge on any atom is -0.389 e. The monoisotopic (exact) mass is 275 g/mol. The summed E-state index contributed by atoms with van der Waals surface area (Å²) in [5.74, 6) is -0.284. The lowest BCUT2D eigenvalue weighted by atomic mass is 10.1. The summed E-state index contributed by atoms with van der Waals surface area (Å²) in [6.45, 7) is 0.309. The van der Waals surface area contributed by atoms with Gasteiger partial charge in [0.1, 0.15) is 0 Å². The number of carbonyl (C=O) groups excluding carboxylic acids is 1. The molecule has 3 N–H and O–H groups in total. The quantitative estimate of drug-likeness (QED) is 0.728. The van der Waals surface area contributed by atoms with Crippen LogP contribution in [0.4, 0.5) is 0 Å². The van der Waals surface area contributed by atoms with E-state index in [0.29, 0.717) is 11.3 Å². The van der Waals surface area contributed by atoms with E-state index in [-0.39, 0.29) is 19.1 Å². The number of H-pyrrole nitrogens is 1. The Bertz CT molecular complexity index is 554. The van der Waals surface area contributed by atoms with Gasteiger partial charge in [0.05, 0.1) is 30.2 Å². The van der Waals surface area contributed by atoms with Crippen LogP contribution in [0.15, 0.2) is 36.5 Å². The van der Waals surface area contributed by atoms with E-state index in [1.807, 2.05) is 30.3 Å². The first-order chi connectivity index (χ1) is 9.72. The van der Waals surface area contributed by atoms with Crippen LogP contribution in [0.25, 0.3) is 11.3 Å². The zero-order valence-electron chi connectivity index (χ0n) is 11.2. The molecule has 0 fully saturated rings. The number of rotatable bonds is 6. The van der Waals surface area contributed by atoms with Gasteiger partial charge in [-0.3, -0.25) is 9.89 Å². The SMILES string of the molecule is COCC(O)CNC(=O)c1cn[nH]c1-c1ccccc1. The van der Waals surface area contributed by atoms with Crippen LogP contribution in [0, 0.1) is 0 Å². The molecule has 1 aromatic heterocycles. The van der Waals surface area contributed by atoms with E-state index in [1.165, 1.54) is 13.3 Å². The van der Waals surface area contributed by atoms with Crippen LogP contribution >= 0.6 is 0 Å². The van der Waals surface area contributed by atoms with Crippen LogP contribution in [0.2, 0.25) is 0 Å². The minimum absolute atomic E-state index is 0.131. The molecule has 1 amide bonds. The largest absolute Gasteiger partial charge is 0.389 e. The van der Waals surface area contributed by atoms with Gasteiger partial charge in [-0.15, -0.1) is 0 Å². The van der Waals surface area contributed by atoms with Crippen molar-refractivity contribution in [3.8, 4) is 11.3 Å². The molecule has 106 valence electrons. The number of amides is 1. The first-order valence-electron chi connectivity index (χ1n) is 6.26. The number of hydrogen-bond donors (Lipinski definition) is 3. The second kappa shape index (κ2) is 6.83. The number of aromatic amines is 1. The van der Waals surface area contributed by atoms with Crippen LogP contribution in [-0.2, 0) is 4.74 Å². The number of ether oxygens (including phenoxy) is 1. The number of aliphatic hydroxyl groups is 1. The molecule has 6 nitrogen and oxygen atoms in total. The number of methoxy groups -OCH3 is 1. The molecule has 0 aliphatic rings. The summed E-state index contributed by atoms with van der Waals surface area (Å²) in [5.41, 5.74) is 1.98. The van der Waals surface area contributed by atoms with Gasteiger partial charge in [-0.05, 0) is 0 Å². The Morgan fingerprint density at radius 3 is 2.90 bits per heavy atom. The first-order valence-corrected chi connectivity index (χ1v) is 6.26. The fourth-order valence-electron chi connectivity index (χ4n) is 1.84. The Kier molecular flexibility index (Phi) is 4.86. The second-order valence-corrected chi connectivity index (χ2v) is 4.34. The maximum absolute atomic E-state index is 12.1. The second-order valence-electron chi connectivity index (χ2n) is 4.34. The van der Waals surface area contributed by atoms with Gasteiger partial charge in [0.2, 0.25) is 0 Å². The van der Waals surface area contributed by atoms with Crippen molar-refractivity contribution in [1.82, 2.24) is 15.5 Å². The van der Waals surface area contributed by atoms with Crippen LogP contribution in [0.1, 0.15) is 10.4 Å². The Morgan fingerprint density at radius 2 is 2.20 bits per heavy atom. The number of nitrogens with zero attached hydrogens (tertiary/aromatic N) is 1. The third-order valence-electron chi connectivity index (χ3n) is 2.80. The topological polar surface area (TPSA) is 87.2 Å². The van der Waals surface area contributed by atoms with Crippen molar-refractivity contribution < 1.29 is 14.6 Å². The van der Waals surface area contributed by atoms with Gasteiger partial charge in [-0.1, -0.05) is 30.3 Å². The molecule has 1 heterocycles. The molecule has 0 radical (unpaired) electrons. The molecule has 0 spiro atoms. The van der Waals surface area contributed by atoms with Gasteiger partial charge in [-0.2, -0.15) is 5.10 Å². The summed E-state index contributed by atoms with van der Waals surface area (Å²) in [5, 5.41) is 18.9. The Balaban J connectivity index is 2.07. The average Bonchev–Trinajstić information content (AvgIpc) is 2.95. The third kappa shape index (κ3) is 3.43. The van der Waals surface area contributed by atoms with Crippen LogP contribution in [0.5, 0.6) is 0 Å². The fourth-order valence-corrected chi connectivity index (χ4v) is 1.84. The minimum atomic E-state index is -0.726. The van der Waals surface area contributed by atoms with E-state index in [1.54, 1.807) is 0 Å². The Hall–Kier alpha value is -2.18. The molecule has 0 aliphatic heterocycles. The molecule has 6 heteroatoms. The van der Waals surface area contributed by atoms with Crippen molar-refractivity contribution in [1.29, 1.82) is 0 Å². The summed E-state index contributed by atoms with van der Waals surface area (Å²) in [6, 6.07) is 9.47. The van der Waals surface area contributed by atoms with Crippen molar-refractivity contribution in [3.63, 3.8) is 0 Å². The molecular formula is C14H17N3O3. The third-order valence-corrected chi connectivity index (χ3v) is 2.80. The predicted molar refractivity (Wildman–Crippen MR) is 74.2 cm³/mol. The van der Waals surface area contributed by atoms with Crippen molar-refractivity contribution in [2.24, 2.45) is 0 Å². The van der Waals surface area contributed by atoms with Crippen molar-refractivity contribution in [3.05, 3.63) is 42.1 Å². The summed E-state index contributed by atoms with van der Waals surface area (Å²) >= 11 is 0.